The molecule has 2 aromatic rings. The normalized spacial score (nSPS) is 11.0. The molecule has 2 aromatic carbocycles. The van der Waals surface area contributed by atoms with Crippen LogP contribution in [0.2, 0.25) is 0 Å². The second-order valence-electron chi connectivity index (χ2n) is 5.95. The number of hydrogen-bond acceptors (Lipinski definition) is 2. The fourth-order valence-electron chi connectivity index (χ4n) is 2.75. The van der Waals surface area contributed by atoms with Crippen molar-refractivity contribution in [3.05, 3.63) is 73.3 Å². The van der Waals surface area contributed by atoms with Gasteiger partial charge in [-0.15, -0.1) is 6.58 Å². The van der Waals surface area contributed by atoms with Crippen molar-refractivity contribution in [2.75, 3.05) is 13.2 Å². The van der Waals surface area contributed by atoms with Crippen LogP contribution in [0.3, 0.4) is 0 Å². The number of allylic oxidation sites excluding steroid dienone is 1. The van der Waals surface area contributed by atoms with E-state index in [0.29, 0.717) is 13.2 Å². The summed E-state index contributed by atoms with van der Waals surface area (Å²) in [5, 5.41) is 0. The van der Waals surface area contributed by atoms with Gasteiger partial charge in [-0.05, 0) is 37.1 Å². The van der Waals surface area contributed by atoms with E-state index in [1.165, 1.54) is 0 Å². The molecule has 0 saturated heterocycles. The number of para-hydroxylation sites is 2. The molecule has 23 heavy (non-hydrogen) atoms. The fraction of sp³-hybridized carbons (Fsp3) is 0.333. The van der Waals surface area contributed by atoms with E-state index in [9.17, 15) is 0 Å². The standard InChI is InChI=1S/C21H26O2/c1-3-15-21(16-4-2,17-22-19-11-7-5-8-12-19)18-23-20-13-9-6-10-14-20/h3,5-14H,1,4,15-18H2,2H3. The molecule has 0 aliphatic heterocycles. The molecule has 0 spiro atoms. The number of benzene rings is 2. The highest BCUT2D eigenvalue weighted by atomic mass is 16.5. The van der Waals surface area contributed by atoms with Crippen molar-refractivity contribution < 1.29 is 9.47 Å². The molecular formula is C21H26O2. The molecule has 0 aliphatic carbocycles. The van der Waals surface area contributed by atoms with Crippen LogP contribution in [0.5, 0.6) is 11.5 Å². The maximum Gasteiger partial charge on any atom is 0.119 e. The minimum Gasteiger partial charge on any atom is -0.493 e. The lowest BCUT2D eigenvalue weighted by Crippen LogP contribution is -2.34. The summed E-state index contributed by atoms with van der Waals surface area (Å²) in [7, 11) is 0. The Labute approximate surface area is 139 Å². The summed E-state index contributed by atoms with van der Waals surface area (Å²) >= 11 is 0. The van der Waals surface area contributed by atoms with Crippen LogP contribution >= 0.6 is 0 Å². The van der Waals surface area contributed by atoms with E-state index in [2.05, 4.69) is 13.5 Å². The van der Waals surface area contributed by atoms with Crippen LogP contribution < -0.4 is 9.47 Å². The molecule has 2 heteroatoms. The Bertz CT molecular complexity index is 519. The van der Waals surface area contributed by atoms with Gasteiger partial charge < -0.3 is 9.47 Å². The average Bonchev–Trinajstić information content (AvgIpc) is 2.60. The highest BCUT2D eigenvalue weighted by Gasteiger charge is 2.30. The first-order valence-electron chi connectivity index (χ1n) is 8.24. The lowest BCUT2D eigenvalue weighted by molar-refractivity contribution is 0.0714. The third-order valence-corrected chi connectivity index (χ3v) is 3.93. The van der Waals surface area contributed by atoms with E-state index in [1.807, 2.05) is 66.7 Å². The summed E-state index contributed by atoms with van der Waals surface area (Å²) < 4.78 is 12.1. The highest BCUT2D eigenvalue weighted by molar-refractivity contribution is 5.22. The maximum atomic E-state index is 6.04. The Hall–Kier alpha value is -2.22. The summed E-state index contributed by atoms with van der Waals surface area (Å²) in [6.45, 7) is 7.38. The van der Waals surface area contributed by atoms with Crippen LogP contribution in [-0.4, -0.2) is 13.2 Å². The zero-order chi connectivity index (χ0) is 16.4. The zero-order valence-electron chi connectivity index (χ0n) is 13.9. The predicted octanol–water partition coefficient (Wildman–Crippen LogP) is 5.51. The summed E-state index contributed by atoms with van der Waals surface area (Å²) in [5.41, 5.74) is -0.0534. The van der Waals surface area contributed by atoms with Gasteiger partial charge in [-0.1, -0.05) is 55.8 Å². The van der Waals surface area contributed by atoms with Gasteiger partial charge in [0, 0.05) is 5.41 Å². The molecule has 0 fully saturated rings. The molecule has 0 heterocycles. The van der Waals surface area contributed by atoms with Crippen LogP contribution in [0.25, 0.3) is 0 Å². The van der Waals surface area contributed by atoms with E-state index in [4.69, 9.17) is 9.47 Å². The van der Waals surface area contributed by atoms with Gasteiger partial charge in [-0.3, -0.25) is 0 Å². The van der Waals surface area contributed by atoms with E-state index in [-0.39, 0.29) is 5.41 Å². The molecular weight excluding hydrogens is 284 g/mol. The van der Waals surface area contributed by atoms with Crippen molar-refractivity contribution >= 4 is 0 Å². The maximum absolute atomic E-state index is 6.04. The van der Waals surface area contributed by atoms with Crippen molar-refractivity contribution in [3.63, 3.8) is 0 Å². The Morgan fingerprint density at radius 2 is 1.35 bits per heavy atom. The fourth-order valence-corrected chi connectivity index (χ4v) is 2.75. The van der Waals surface area contributed by atoms with Crippen LogP contribution in [0.15, 0.2) is 73.3 Å². The average molecular weight is 310 g/mol. The Balaban J connectivity index is 2.05. The van der Waals surface area contributed by atoms with Crippen LogP contribution in [0, 0.1) is 5.41 Å². The minimum absolute atomic E-state index is 0.0534. The van der Waals surface area contributed by atoms with Crippen molar-refractivity contribution in [1.82, 2.24) is 0 Å². The first kappa shape index (κ1) is 17.1. The van der Waals surface area contributed by atoms with Crippen molar-refractivity contribution in [2.45, 2.75) is 26.2 Å². The van der Waals surface area contributed by atoms with E-state index in [1.54, 1.807) is 0 Å². The number of ether oxygens (including phenoxy) is 2. The monoisotopic (exact) mass is 310 g/mol. The van der Waals surface area contributed by atoms with Gasteiger partial charge >= 0.3 is 0 Å². The Morgan fingerprint density at radius 3 is 1.74 bits per heavy atom. The quantitative estimate of drug-likeness (QED) is 0.539. The molecule has 2 rings (SSSR count). The summed E-state index contributed by atoms with van der Waals surface area (Å²) in [4.78, 5) is 0. The van der Waals surface area contributed by atoms with Crippen molar-refractivity contribution in [3.8, 4) is 11.5 Å². The summed E-state index contributed by atoms with van der Waals surface area (Å²) in [6, 6.07) is 19.9. The van der Waals surface area contributed by atoms with Crippen molar-refractivity contribution in [2.24, 2.45) is 5.41 Å². The second kappa shape index (κ2) is 9.04. The second-order valence-corrected chi connectivity index (χ2v) is 5.95. The molecule has 122 valence electrons. The lowest BCUT2D eigenvalue weighted by Gasteiger charge is -2.32. The molecule has 0 atom stereocenters. The van der Waals surface area contributed by atoms with Gasteiger partial charge in [-0.2, -0.15) is 0 Å². The SMILES string of the molecule is C=CCC(CCC)(COc1ccccc1)COc1ccccc1. The van der Waals surface area contributed by atoms with E-state index in [0.717, 1.165) is 30.8 Å². The van der Waals surface area contributed by atoms with E-state index >= 15 is 0 Å². The number of rotatable bonds is 10. The Kier molecular flexibility index (Phi) is 6.74. The van der Waals surface area contributed by atoms with Crippen LogP contribution in [0.4, 0.5) is 0 Å². The largest absolute Gasteiger partial charge is 0.493 e. The molecule has 0 aromatic heterocycles. The molecule has 0 saturated carbocycles. The molecule has 2 nitrogen and oxygen atoms in total. The van der Waals surface area contributed by atoms with Gasteiger partial charge in [0.1, 0.15) is 11.5 Å². The smallest absolute Gasteiger partial charge is 0.119 e. The summed E-state index contributed by atoms with van der Waals surface area (Å²) in [6.07, 6.45) is 4.97. The lowest BCUT2D eigenvalue weighted by atomic mass is 9.81. The van der Waals surface area contributed by atoms with Gasteiger partial charge in [0.15, 0.2) is 0 Å². The molecule has 0 N–H and O–H groups in total. The summed E-state index contributed by atoms with van der Waals surface area (Å²) in [5.74, 6) is 1.80. The van der Waals surface area contributed by atoms with Crippen LogP contribution in [0.1, 0.15) is 26.2 Å². The molecule has 0 radical (unpaired) electrons. The van der Waals surface area contributed by atoms with E-state index < -0.39 is 0 Å². The van der Waals surface area contributed by atoms with Crippen LogP contribution in [-0.2, 0) is 0 Å². The van der Waals surface area contributed by atoms with Crippen molar-refractivity contribution in [1.29, 1.82) is 0 Å². The molecule has 0 amide bonds. The number of hydrogen-bond donors (Lipinski definition) is 0. The third kappa shape index (κ3) is 5.48. The first-order chi connectivity index (χ1) is 11.3. The zero-order valence-corrected chi connectivity index (χ0v) is 13.9. The van der Waals surface area contributed by atoms with Gasteiger partial charge in [0.05, 0.1) is 13.2 Å². The van der Waals surface area contributed by atoms with Gasteiger partial charge in [0.25, 0.3) is 0 Å². The predicted molar refractivity (Wildman–Crippen MR) is 96.0 cm³/mol. The first-order valence-corrected chi connectivity index (χ1v) is 8.24. The topological polar surface area (TPSA) is 18.5 Å². The Morgan fingerprint density at radius 1 is 0.870 bits per heavy atom. The molecule has 0 unspecified atom stereocenters. The van der Waals surface area contributed by atoms with Gasteiger partial charge in [-0.25, -0.2) is 0 Å². The molecule has 0 aliphatic rings. The molecule has 0 bridgehead atoms. The highest BCUT2D eigenvalue weighted by Crippen LogP contribution is 2.31. The third-order valence-electron chi connectivity index (χ3n) is 3.93. The minimum atomic E-state index is -0.0534. The van der Waals surface area contributed by atoms with Gasteiger partial charge in [0.2, 0.25) is 0 Å².